The first-order valence-corrected chi connectivity index (χ1v) is 11.8. The van der Waals surface area contributed by atoms with Gasteiger partial charge in [0.25, 0.3) is 11.5 Å². The maximum absolute atomic E-state index is 13.2. The molecule has 1 aromatic carbocycles. The molecule has 2 N–H and O–H groups in total. The fourth-order valence-electron chi connectivity index (χ4n) is 3.97. The lowest BCUT2D eigenvalue weighted by atomic mass is 10.2. The monoisotopic (exact) mass is 500 g/mol. The third-order valence-electron chi connectivity index (χ3n) is 5.69. The molecule has 4 rings (SSSR count). The molecule has 190 valence electrons. The van der Waals surface area contributed by atoms with Gasteiger partial charge in [-0.1, -0.05) is 19.1 Å². The van der Waals surface area contributed by atoms with Crippen LogP contribution in [-0.2, 0) is 6.54 Å². The number of aromatic nitrogens is 5. The topological polar surface area (TPSA) is 124 Å². The summed E-state index contributed by atoms with van der Waals surface area (Å²) in [6, 6.07) is 6.49. The van der Waals surface area contributed by atoms with Crippen molar-refractivity contribution in [2.75, 3.05) is 5.32 Å². The molecule has 0 saturated heterocycles. The standard InChI is InChI=1S/C27H28N6O4/c1-5-7-8-17(3)33-26(36)24(18(4)32(33)13-6-2)25(35)31-27-29-15-20(16-30-27)37-23-11-12-28-22-14-19(34)9-10-21(22)23/h5,7-12,14-16,34H,6,13H2,1-4H3,(H,29,30,31,35)/b7-5-,17-8+. The SMILES string of the molecule is C/C=C\C=C(/C)n1c(=O)c(C(=O)Nc2ncc(Oc3ccnc4cc(O)ccc34)cn2)c(C)n1CCC. The summed E-state index contributed by atoms with van der Waals surface area (Å²) in [5.74, 6) is 0.419. The summed E-state index contributed by atoms with van der Waals surface area (Å²) in [6.07, 6.45) is 10.8. The van der Waals surface area contributed by atoms with E-state index in [9.17, 15) is 14.7 Å². The number of allylic oxidation sites excluding steroid dienone is 4. The minimum atomic E-state index is -0.585. The van der Waals surface area contributed by atoms with Crippen molar-refractivity contribution in [1.82, 2.24) is 24.3 Å². The van der Waals surface area contributed by atoms with Crippen LogP contribution < -0.4 is 15.6 Å². The molecule has 0 aliphatic carbocycles. The van der Waals surface area contributed by atoms with Crippen LogP contribution in [0, 0.1) is 6.92 Å². The lowest BCUT2D eigenvalue weighted by molar-refractivity contribution is 0.102. The van der Waals surface area contributed by atoms with Gasteiger partial charge in [0.05, 0.1) is 23.6 Å². The van der Waals surface area contributed by atoms with E-state index in [1.807, 2.05) is 43.7 Å². The van der Waals surface area contributed by atoms with E-state index in [0.717, 1.165) is 6.42 Å². The number of rotatable bonds is 8. The van der Waals surface area contributed by atoms with Crippen molar-refractivity contribution in [3.63, 3.8) is 0 Å². The second kappa shape index (κ2) is 10.9. The molecule has 37 heavy (non-hydrogen) atoms. The first-order valence-electron chi connectivity index (χ1n) is 11.8. The van der Waals surface area contributed by atoms with Gasteiger partial charge in [0.1, 0.15) is 17.1 Å². The fourth-order valence-corrected chi connectivity index (χ4v) is 3.97. The minimum absolute atomic E-state index is 0.0385. The Balaban J connectivity index is 1.57. The lowest BCUT2D eigenvalue weighted by Crippen LogP contribution is -2.26. The zero-order chi connectivity index (χ0) is 26.5. The number of nitrogens with one attached hydrogen (secondary N) is 1. The summed E-state index contributed by atoms with van der Waals surface area (Å²) in [5.41, 5.74) is 1.48. The second-order valence-electron chi connectivity index (χ2n) is 8.34. The Morgan fingerprint density at radius 2 is 1.95 bits per heavy atom. The maximum Gasteiger partial charge on any atom is 0.284 e. The van der Waals surface area contributed by atoms with Gasteiger partial charge in [0.2, 0.25) is 5.95 Å². The second-order valence-corrected chi connectivity index (χ2v) is 8.34. The summed E-state index contributed by atoms with van der Waals surface area (Å²) in [4.78, 5) is 38.9. The highest BCUT2D eigenvalue weighted by Gasteiger charge is 2.24. The number of fused-ring (bicyclic) bond motifs is 1. The van der Waals surface area contributed by atoms with Crippen molar-refractivity contribution < 1.29 is 14.6 Å². The number of hydrogen-bond donors (Lipinski definition) is 2. The molecule has 1 amide bonds. The van der Waals surface area contributed by atoms with Crippen LogP contribution in [0.25, 0.3) is 16.6 Å². The molecule has 0 aliphatic heterocycles. The van der Waals surface area contributed by atoms with Gasteiger partial charge in [-0.25, -0.2) is 14.6 Å². The van der Waals surface area contributed by atoms with Gasteiger partial charge >= 0.3 is 0 Å². The van der Waals surface area contributed by atoms with Gasteiger partial charge in [0.15, 0.2) is 5.75 Å². The van der Waals surface area contributed by atoms with Crippen molar-refractivity contribution in [2.45, 2.75) is 40.7 Å². The Hall–Kier alpha value is -4.73. The molecule has 3 aromatic heterocycles. The van der Waals surface area contributed by atoms with Crippen LogP contribution in [0.4, 0.5) is 5.95 Å². The Bertz CT molecular complexity index is 1560. The number of phenolic OH excluding ortho intramolecular Hbond substituents is 1. The molecule has 0 unspecified atom stereocenters. The zero-order valence-electron chi connectivity index (χ0n) is 21.1. The third-order valence-corrected chi connectivity index (χ3v) is 5.69. The van der Waals surface area contributed by atoms with Crippen LogP contribution in [0.15, 0.2) is 65.9 Å². The van der Waals surface area contributed by atoms with Crippen molar-refractivity contribution in [3.05, 3.63) is 82.7 Å². The van der Waals surface area contributed by atoms with Gasteiger partial charge in [-0.2, -0.15) is 0 Å². The molecule has 4 aromatic rings. The third kappa shape index (κ3) is 5.27. The molecule has 10 nitrogen and oxygen atoms in total. The number of phenols is 1. The Morgan fingerprint density at radius 1 is 1.19 bits per heavy atom. The van der Waals surface area contributed by atoms with E-state index in [2.05, 4.69) is 20.3 Å². The Morgan fingerprint density at radius 3 is 2.65 bits per heavy atom. The van der Waals surface area contributed by atoms with Crippen molar-refractivity contribution >= 4 is 28.5 Å². The van der Waals surface area contributed by atoms with Gasteiger partial charge in [0, 0.05) is 29.9 Å². The number of carbonyl (C=O) groups is 1. The van der Waals surface area contributed by atoms with Crippen LogP contribution in [0.5, 0.6) is 17.2 Å². The van der Waals surface area contributed by atoms with E-state index in [1.54, 1.807) is 37.4 Å². The average molecular weight is 501 g/mol. The predicted octanol–water partition coefficient (Wildman–Crippen LogP) is 4.89. The van der Waals surface area contributed by atoms with Gasteiger partial charge in [-0.15, -0.1) is 0 Å². The predicted molar refractivity (Wildman–Crippen MR) is 142 cm³/mol. The number of ether oxygens (including phenoxy) is 1. The van der Waals surface area contributed by atoms with Gasteiger partial charge < -0.3 is 9.84 Å². The number of amides is 1. The van der Waals surface area contributed by atoms with Crippen LogP contribution in [0.1, 0.15) is 43.2 Å². The molecule has 0 atom stereocenters. The molecule has 0 aliphatic rings. The number of carbonyl (C=O) groups excluding carboxylic acids is 1. The molecule has 3 heterocycles. The minimum Gasteiger partial charge on any atom is -0.508 e. The van der Waals surface area contributed by atoms with Crippen LogP contribution >= 0.6 is 0 Å². The van der Waals surface area contributed by atoms with Gasteiger partial charge in [-0.3, -0.25) is 24.6 Å². The van der Waals surface area contributed by atoms with E-state index in [-0.39, 0.29) is 17.3 Å². The summed E-state index contributed by atoms with van der Waals surface area (Å²) in [7, 11) is 0. The van der Waals surface area contributed by atoms with E-state index in [1.165, 1.54) is 17.1 Å². The highest BCUT2D eigenvalue weighted by atomic mass is 16.5. The average Bonchev–Trinajstić information content (AvgIpc) is 3.13. The molecule has 0 fully saturated rings. The number of anilines is 1. The van der Waals surface area contributed by atoms with E-state index in [4.69, 9.17) is 4.74 Å². The number of nitrogens with zero attached hydrogens (tertiary/aromatic N) is 5. The van der Waals surface area contributed by atoms with E-state index < -0.39 is 11.5 Å². The maximum atomic E-state index is 13.2. The summed E-state index contributed by atoms with van der Waals surface area (Å²) in [6.45, 7) is 8.06. The first-order chi connectivity index (χ1) is 17.8. The highest BCUT2D eigenvalue weighted by molar-refractivity contribution is 6.04. The Labute approximate surface area is 213 Å². The number of pyridine rings is 1. The highest BCUT2D eigenvalue weighted by Crippen LogP contribution is 2.30. The summed E-state index contributed by atoms with van der Waals surface area (Å²) >= 11 is 0. The largest absolute Gasteiger partial charge is 0.508 e. The number of aromatic hydroxyl groups is 1. The number of benzene rings is 1. The molecule has 0 spiro atoms. The summed E-state index contributed by atoms with van der Waals surface area (Å²) < 4.78 is 9.22. The smallest absolute Gasteiger partial charge is 0.284 e. The molecule has 0 radical (unpaired) electrons. The molecule has 0 saturated carbocycles. The van der Waals surface area contributed by atoms with Crippen molar-refractivity contribution in [1.29, 1.82) is 0 Å². The lowest BCUT2D eigenvalue weighted by Gasteiger charge is -2.12. The normalized spacial score (nSPS) is 11.8. The fraction of sp³-hybridized carbons (Fsp3) is 0.222. The molecular formula is C27H28N6O4. The van der Waals surface area contributed by atoms with Crippen LogP contribution in [-0.4, -0.2) is 35.3 Å². The molecule has 0 bridgehead atoms. The van der Waals surface area contributed by atoms with Crippen molar-refractivity contribution in [3.8, 4) is 17.2 Å². The zero-order valence-corrected chi connectivity index (χ0v) is 21.1. The molecular weight excluding hydrogens is 472 g/mol. The molecule has 10 heteroatoms. The van der Waals surface area contributed by atoms with E-state index in [0.29, 0.717) is 40.3 Å². The quantitative estimate of drug-likeness (QED) is 0.330. The first kappa shape index (κ1) is 25.4. The Kier molecular flexibility index (Phi) is 7.47. The van der Waals surface area contributed by atoms with Gasteiger partial charge in [-0.05, 0) is 51.5 Å². The van der Waals surface area contributed by atoms with E-state index >= 15 is 0 Å². The van der Waals surface area contributed by atoms with Crippen LogP contribution in [0.2, 0.25) is 0 Å². The number of hydrogen-bond acceptors (Lipinski definition) is 7. The van der Waals surface area contributed by atoms with Crippen molar-refractivity contribution in [2.24, 2.45) is 0 Å². The summed E-state index contributed by atoms with van der Waals surface area (Å²) in [5, 5.41) is 13.0. The van der Waals surface area contributed by atoms with Crippen LogP contribution in [0.3, 0.4) is 0 Å².